The van der Waals surface area contributed by atoms with Gasteiger partial charge in [0.15, 0.2) is 0 Å². The van der Waals surface area contributed by atoms with E-state index in [0.29, 0.717) is 6.54 Å². The number of nitrogens with one attached hydrogen (secondary N) is 2. The molecule has 0 saturated heterocycles. The Bertz CT molecular complexity index is 466. The second-order valence-electron chi connectivity index (χ2n) is 3.22. The number of aromatic amines is 1. The summed E-state index contributed by atoms with van der Waals surface area (Å²) in [4.78, 5) is 18.6. The average molecular weight is 347 g/mol. The SMILES string of the molecule is O=C(NCCc1cnc[nH]1)c1csc(I)c1. The maximum absolute atomic E-state index is 11.7. The molecular formula is C10H10IN3OS. The molecule has 2 heterocycles. The highest BCUT2D eigenvalue weighted by atomic mass is 127. The van der Waals surface area contributed by atoms with Crippen LogP contribution in [0, 0.1) is 2.88 Å². The van der Waals surface area contributed by atoms with E-state index in [0.717, 1.165) is 20.6 Å². The topological polar surface area (TPSA) is 57.8 Å². The van der Waals surface area contributed by atoms with Crippen molar-refractivity contribution < 1.29 is 4.79 Å². The molecule has 0 spiro atoms. The molecule has 0 radical (unpaired) electrons. The van der Waals surface area contributed by atoms with Crippen LogP contribution in [0.25, 0.3) is 0 Å². The normalized spacial score (nSPS) is 10.3. The first-order valence-electron chi connectivity index (χ1n) is 4.75. The van der Waals surface area contributed by atoms with Crippen LogP contribution in [0.3, 0.4) is 0 Å². The Morgan fingerprint density at radius 3 is 3.12 bits per heavy atom. The molecule has 4 nitrogen and oxygen atoms in total. The summed E-state index contributed by atoms with van der Waals surface area (Å²) in [5.74, 6) is -0.0151. The summed E-state index contributed by atoms with van der Waals surface area (Å²) < 4.78 is 1.12. The fourth-order valence-corrected chi connectivity index (χ4v) is 2.59. The van der Waals surface area contributed by atoms with Gasteiger partial charge in [0.25, 0.3) is 5.91 Å². The zero-order chi connectivity index (χ0) is 11.4. The minimum Gasteiger partial charge on any atom is -0.352 e. The lowest BCUT2D eigenvalue weighted by Crippen LogP contribution is -2.25. The van der Waals surface area contributed by atoms with Gasteiger partial charge in [0.2, 0.25) is 0 Å². The van der Waals surface area contributed by atoms with Crippen LogP contribution in [0.1, 0.15) is 16.1 Å². The fourth-order valence-electron chi connectivity index (χ4n) is 1.26. The van der Waals surface area contributed by atoms with E-state index >= 15 is 0 Å². The molecule has 84 valence electrons. The molecule has 2 rings (SSSR count). The largest absolute Gasteiger partial charge is 0.352 e. The van der Waals surface area contributed by atoms with Gasteiger partial charge in [0.05, 0.1) is 14.8 Å². The van der Waals surface area contributed by atoms with Gasteiger partial charge >= 0.3 is 0 Å². The standard InChI is InChI=1S/C10H10IN3OS/c11-9-3-7(5-16-9)10(15)13-2-1-8-4-12-6-14-8/h3-6H,1-2H2,(H,12,14)(H,13,15). The molecule has 2 aromatic heterocycles. The summed E-state index contributed by atoms with van der Waals surface area (Å²) in [6.07, 6.45) is 4.17. The predicted octanol–water partition coefficient (Wildman–Crippen LogP) is 2.05. The number of amides is 1. The van der Waals surface area contributed by atoms with Crippen LogP contribution >= 0.6 is 33.9 Å². The van der Waals surface area contributed by atoms with E-state index in [1.54, 1.807) is 23.9 Å². The molecule has 0 unspecified atom stereocenters. The third kappa shape index (κ3) is 3.05. The second kappa shape index (κ2) is 5.44. The first-order valence-corrected chi connectivity index (χ1v) is 6.71. The number of rotatable bonds is 4. The molecule has 0 fully saturated rings. The number of carbonyl (C=O) groups excluding carboxylic acids is 1. The highest BCUT2D eigenvalue weighted by molar-refractivity contribution is 14.1. The van der Waals surface area contributed by atoms with Gasteiger partial charge in [-0.05, 0) is 28.7 Å². The summed E-state index contributed by atoms with van der Waals surface area (Å²) in [7, 11) is 0. The molecule has 0 saturated carbocycles. The summed E-state index contributed by atoms with van der Waals surface area (Å²) in [6.45, 7) is 0.619. The number of aromatic nitrogens is 2. The number of nitrogens with zero attached hydrogens (tertiary/aromatic N) is 1. The van der Waals surface area contributed by atoms with Crippen molar-refractivity contribution in [1.82, 2.24) is 15.3 Å². The Kier molecular flexibility index (Phi) is 3.94. The minimum atomic E-state index is -0.0151. The monoisotopic (exact) mass is 347 g/mol. The quantitative estimate of drug-likeness (QED) is 0.832. The van der Waals surface area contributed by atoms with Crippen LogP contribution in [-0.4, -0.2) is 22.4 Å². The Hall–Kier alpha value is -0.890. The zero-order valence-electron chi connectivity index (χ0n) is 8.37. The Morgan fingerprint density at radius 2 is 2.50 bits per heavy atom. The summed E-state index contributed by atoms with van der Waals surface area (Å²) in [6, 6.07) is 1.89. The maximum atomic E-state index is 11.7. The van der Waals surface area contributed by atoms with Crippen molar-refractivity contribution in [2.24, 2.45) is 0 Å². The number of H-pyrrole nitrogens is 1. The minimum absolute atomic E-state index is 0.0151. The number of carbonyl (C=O) groups is 1. The molecule has 6 heteroatoms. The molecule has 2 N–H and O–H groups in total. The molecule has 16 heavy (non-hydrogen) atoms. The molecule has 0 aliphatic heterocycles. The summed E-state index contributed by atoms with van der Waals surface area (Å²) in [5, 5.41) is 4.74. The lowest BCUT2D eigenvalue weighted by atomic mass is 10.3. The average Bonchev–Trinajstić information content (AvgIpc) is 2.89. The van der Waals surface area contributed by atoms with E-state index in [1.807, 2.05) is 11.4 Å². The van der Waals surface area contributed by atoms with Gasteiger partial charge in [0, 0.05) is 30.2 Å². The van der Waals surface area contributed by atoms with Crippen molar-refractivity contribution in [3.8, 4) is 0 Å². The van der Waals surface area contributed by atoms with Crippen LogP contribution in [0.5, 0.6) is 0 Å². The number of hydrogen-bond donors (Lipinski definition) is 2. The van der Waals surface area contributed by atoms with Gasteiger partial charge < -0.3 is 10.3 Å². The van der Waals surface area contributed by atoms with Crippen molar-refractivity contribution in [3.05, 3.63) is 38.1 Å². The maximum Gasteiger partial charge on any atom is 0.252 e. The van der Waals surface area contributed by atoms with Crippen molar-refractivity contribution >= 4 is 39.8 Å². The van der Waals surface area contributed by atoms with Gasteiger partial charge in [-0.2, -0.15) is 0 Å². The van der Waals surface area contributed by atoms with E-state index < -0.39 is 0 Å². The van der Waals surface area contributed by atoms with E-state index in [-0.39, 0.29) is 5.91 Å². The highest BCUT2D eigenvalue weighted by Crippen LogP contribution is 2.16. The molecule has 0 aromatic carbocycles. The fraction of sp³-hybridized carbons (Fsp3) is 0.200. The van der Waals surface area contributed by atoms with E-state index in [9.17, 15) is 4.79 Å². The van der Waals surface area contributed by atoms with Crippen LogP contribution in [0.2, 0.25) is 0 Å². The molecule has 0 aliphatic rings. The molecule has 0 bridgehead atoms. The lowest BCUT2D eigenvalue weighted by molar-refractivity contribution is 0.0954. The third-order valence-electron chi connectivity index (χ3n) is 2.06. The predicted molar refractivity (Wildman–Crippen MR) is 71.7 cm³/mol. The third-order valence-corrected chi connectivity index (χ3v) is 3.85. The number of thiophene rings is 1. The van der Waals surface area contributed by atoms with Crippen molar-refractivity contribution in [2.45, 2.75) is 6.42 Å². The van der Waals surface area contributed by atoms with Gasteiger partial charge in [-0.3, -0.25) is 4.79 Å². The van der Waals surface area contributed by atoms with Gasteiger partial charge in [-0.25, -0.2) is 4.98 Å². The van der Waals surface area contributed by atoms with Gasteiger partial charge in [-0.15, -0.1) is 11.3 Å². The molecule has 2 aromatic rings. The van der Waals surface area contributed by atoms with Crippen molar-refractivity contribution in [3.63, 3.8) is 0 Å². The molecule has 0 atom stereocenters. The number of hydrogen-bond acceptors (Lipinski definition) is 3. The first kappa shape index (κ1) is 11.6. The molecular weight excluding hydrogens is 337 g/mol. The molecule has 0 aliphatic carbocycles. The van der Waals surface area contributed by atoms with E-state index in [1.165, 1.54) is 0 Å². The summed E-state index contributed by atoms with van der Waals surface area (Å²) >= 11 is 3.78. The van der Waals surface area contributed by atoms with Crippen LogP contribution < -0.4 is 5.32 Å². The molecule has 1 amide bonds. The van der Waals surface area contributed by atoms with Gasteiger partial charge in [0.1, 0.15) is 0 Å². The summed E-state index contributed by atoms with van der Waals surface area (Å²) in [5.41, 5.74) is 1.76. The number of imidazole rings is 1. The highest BCUT2D eigenvalue weighted by Gasteiger charge is 2.06. The Morgan fingerprint density at radius 1 is 1.62 bits per heavy atom. The van der Waals surface area contributed by atoms with Gasteiger partial charge in [-0.1, -0.05) is 0 Å². The van der Waals surface area contributed by atoms with E-state index in [2.05, 4.69) is 37.9 Å². The second-order valence-corrected chi connectivity index (χ2v) is 6.03. The Labute approximate surface area is 111 Å². The van der Waals surface area contributed by atoms with Crippen molar-refractivity contribution in [2.75, 3.05) is 6.54 Å². The first-order chi connectivity index (χ1) is 7.75. The lowest BCUT2D eigenvalue weighted by Gasteiger charge is -2.01. The zero-order valence-corrected chi connectivity index (χ0v) is 11.3. The van der Waals surface area contributed by atoms with Crippen LogP contribution in [-0.2, 0) is 6.42 Å². The van der Waals surface area contributed by atoms with Crippen molar-refractivity contribution in [1.29, 1.82) is 0 Å². The number of halogens is 1. The smallest absolute Gasteiger partial charge is 0.252 e. The Balaban J connectivity index is 1.80. The van der Waals surface area contributed by atoms with E-state index in [4.69, 9.17) is 0 Å². The van der Waals surface area contributed by atoms with Crippen LogP contribution in [0.4, 0.5) is 0 Å². The van der Waals surface area contributed by atoms with Crippen LogP contribution in [0.15, 0.2) is 24.0 Å².